The van der Waals surface area contributed by atoms with E-state index in [0.717, 1.165) is 45.0 Å². The topological polar surface area (TPSA) is 92.7 Å². The van der Waals surface area contributed by atoms with Gasteiger partial charge in [0.05, 0.1) is 37.5 Å². The van der Waals surface area contributed by atoms with E-state index in [9.17, 15) is 9.59 Å². The van der Waals surface area contributed by atoms with Gasteiger partial charge in [-0.2, -0.15) is 5.10 Å². The highest BCUT2D eigenvalue weighted by molar-refractivity contribution is 5.99. The summed E-state index contributed by atoms with van der Waals surface area (Å²) in [6, 6.07) is -0.338. The van der Waals surface area contributed by atoms with Crippen LogP contribution in [0.15, 0.2) is 40.7 Å². The lowest BCUT2D eigenvalue weighted by atomic mass is 9.72. The number of fused-ring (bicyclic) bond motifs is 1. The highest BCUT2D eigenvalue weighted by atomic mass is 16.5. The van der Waals surface area contributed by atoms with Crippen LogP contribution in [0.1, 0.15) is 48.0 Å². The second-order valence-corrected chi connectivity index (χ2v) is 10.8. The average Bonchev–Trinajstić information content (AvgIpc) is 3.19. The van der Waals surface area contributed by atoms with E-state index < -0.39 is 5.97 Å². The van der Waals surface area contributed by atoms with Gasteiger partial charge in [-0.15, -0.1) is 0 Å². The van der Waals surface area contributed by atoms with E-state index in [1.165, 1.54) is 0 Å². The van der Waals surface area contributed by atoms with Crippen LogP contribution in [0.2, 0.25) is 0 Å². The van der Waals surface area contributed by atoms with Gasteiger partial charge in [-0.3, -0.25) is 9.69 Å². The Morgan fingerprint density at radius 3 is 2.70 bits per heavy atom. The Kier molecular flexibility index (Phi) is 10.5. The first-order valence-corrected chi connectivity index (χ1v) is 13.4. The molecule has 0 saturated carbocycles. The molecule has 37 heavy (non-hydrogen) atoms. The number of carbonyl (C=O) groups is 2. The summed E-state index contributed by atoms with van der Waals surface area (Å²) in [6.45, 7) is 17.8. The molecule has 2 atom stereocenters. The smallest absolute Gasteiger partial charge is 0.337 e. The van der Waals surface area contributed by atoms with Crippen molar-refractivity contribution in [2.75, 3.05) is 52.6 Å². The highest BCUT2D eigenvalue weighted by Crippen LogP contribution is 2.40. The third-order valence-electron chi connectivity index (χ3n) is 6.99. The van der Waals surface area contributed by atoms with Crippen LogP contribution in [0.3, 0.4) is 0 Å². The number of morpholine rings is 1. The maximum absolute atomic E-state index is 13.6. The summed E-state index contributed by atoms with van der Waals surface area (Å²) in [5, 5.41) is 4.42. The van der Waals surface area contributed by atoms with Crippen LogP contribution in [0.4, 0.5) is 0 Å². The molecule has 206 valence electrons. The summed E-state index contributed by atoms with van der Waals surface area (Å²) in [5.74, 6) is -0.628. The number of rotatable bonds is 10. The molecule has 1 fully saturated rings. The number of hydrogen-bond donors (Lipinski definition) is 1. The normalized spacial score (nSPS) is 24.4. The molecule has 0 bridgehead atoms. The number of hydrogen-bond acceptors (Lipinski definition) is 8. The molecule has 1 saturated heterocycles. The molecule has 3 aliphatic heterocycles. The number of nitrogens with zero attached hydrogens (tertiary/aromatic N) is 3. The molecule has 3 aliphatic rings. The number of ether oxygens (including phenoxy) is 3. The fraction of sp³-hybridized carbons (Fsp3) is 0.679. The Bertz CT molecular complexity index is 931. The Morgan fingerprint density at radius 2 is 2.03 bits per heavy atom. The second kappa shape index (κ2) is 13.3. The SMILES string of the molecule is C/C=C(\C=C/COCCCN1CCOCC1)C(=O)N1C=C(C(=O)OC(C)C)C2NN=C(C)C2C(C)(C)C1. The van der Waals surface area contributed by atoms with Crippen LogP contribution in [-0.4, -0.2) is 92.1 Å². The molecule has 0 aliphatic carbocycles. The molecule has 9 heteroatoms. The van der Waals surface area contributed by atoms with Gasteiger partial charge in [0.1, 0.15) is 0 Å². The van der Waals surface area contributed by atoms with Crippen LogP contribution >= 0.6 is 0 Å². The first kappa shape index (κ1) is 29.1. The fourth-order valence-electron chi connectivity index (χ4n) is 5.24. The molecule has 2 unspecified atom stereocenters. The molecule has 3 rings (SSSR count). The van der Waals surface area contributed by atoms with E-state index in [-0.39, 0.29) is 29.4 Å². The minimum atomic E-state index is -0.430. The maximum Gasteiger partial charge on any atom is 0.337 e. The molecule has 9 nitrogen and oxygen atoms in total. The Labute approximate surface area is 221 Å². The number of amides is 1. The molecule has 3 heterocycles. The molecule has 0 radical (unpaired) electrons. The van der Waals surface area contributed by atoms with Crippen molar-refractivity contribution >= 4 is 17.6 Å². The monoisotopic (exact) mass is 516 g/mol. The molecule has 0 aromatic heterocycles. The van der Waals surface area contributed by atoms with Crippen molar-refractivity contribution in [3.8, 4) is 0 Å². The first-order chi connectivity index (χ1) is 17.6. The van der Waals surface area contributed by atoms with Crippen LogP contribution in [0, 0.1) is 11.3 Å². The lowest BCUT2D eigenvalue weighted by Gasteiger charge is -2.35. The molecular formula is C28H44N4O5. The zero-order valence-electron chi connectivity index (χ0n) is 23.3. The van der Waals surface area contributed by atoms with Gasteiger partial charge in [0.2, 0.25) is 0 Å². The van der Waals surface area contributed by atoms with E-state index in [0.29, 0.717) is 30.9 Å². The highest BCUT2D eigenvalue weighted by Gasteiger charge is 2.48. The van der Waals surface area contributed by atoms with Crippen molar-refractivity contribution in [3.05, 3.63) is 35.6 Å². The van der Waals surface area contributed by atoms with Crippen LogP contribution in [0.25, 0.3) is 0 Å². The lowest BCUT2D eigenvalue weighted by molar-refractivity contribution is -0.143. The van der Waals surface area contributed by atoms with Crippen LogP contribution in [-0.2, 0) is 23.8 Å². The summed E-state index contributed by atoms with van der Waals surface area (Å²) in [7, 11) is 0. The number of carbonyl (C=O) groups excluding carboxylic acids is 2. The summed E-state index contributed by atoms with van der Waals surface area (Å²) in [5.41, 5.74) is 4.68. The van der Waals surface area contributed by atoms with Gasteiger partial charge in [-0.25, -0.2) is 4.79 Å². The average molecular weight is 517 g/mol. The predicted octanol–water partition coefficient (Wildman–Crippen LogP) is 2.90. The minimum Gasteiger partial charge on any atom is -0.460 e. The van der Waals surface area contributed by atoms with Gasteiger partial charge in [0, 0.05) is 56.2 Å². The standard InChI is InChI=1S/C28H44N4O5/c1-7-22(10-8-14-35-15-9-11-31-12-16-36-17-13-31)26(33)32-18-23(27(34)37-20(2)3)25-24(21(4)29-30-25)28(5,6)19-32/h7-8,10,18,20,24-25,30H,9,11-17,19H2,1-6H3/b10-8-,22-7+. The third-order valence-corrected chi connectivity index (χ3v) is 6.99. The second-order valence-electron chi connectivity index (χ2n) is 10.8. The van der Waals surface area contributed by atoms with Crippen molar-refractivity contribution in [3.63, 3.8) is 0 Å². The molecule has 1 N–H and O–H groups in total. The Morgan fingerprint density at radius 1 is 1.30 bits per heavy atom. The maximum atomic E-state index is 13.6. The van der Waals surface area contributed by atoms with E-state index >= 15 is 0 Å². The van der Waals surface area contributed by atoms with E-state index in [2.05, 4.69) is 29.3 Å². The summed E-state index contributed by atoms with van der Waals surface area (Å²) < 4.78 is 16.7. The van der Waals surface area contributed by atoms with E-state index in [1.807, 2.05) is 33.8 Å². The number of esters is 1. The van der Waals surface area contributed by atoms with Gasteiger partial charge in [0.25, 0.3) is 5.91 Å². The van der Waals surface area contributed by atoms with Crippen molar-refractivity contribution in [1.82, 2.24) is 15.2 Å². The summed E-state index contributed by atoms with van der Waals surface area (Å²) in [6.07, 6.45) is 7.81. The number of allylic oxidation sites excluding steroid dienone is 1. The van der Waals surface area contributed by atoms with Crippen molar-refractivity contribution < 1.29 is 23.8 Å². The van der Waals surface area contributed by atoms with Gasteiger partial charge < -0.3 is 24.5 Å². The number of nitrogens with one attached hydrogen (secondary N) is 1. The quantitative estimate of drug-likeness (QED) is 0.207. The van der Waals surface area contributed by atoms with Crippen LogP contribution < -0.4 is 5.43 Å². The van der Waals surface area contributed by atoms with Gasteiger partial charge in [-0.1, -0.05) is 32.1 Å². The Balaban J connectivity index is 1.64. The van der Waals surface area contributed by atoms with Gasteiger partial charge in [-0.05, 0) is 39.5 Å². The third kappa shape index (κ3) is 7.75. The Hall–Kier alpha value is -2.49. The summed E-state index contributed by atoms with van der Waals surface area (Å²) in [4.78, 5) is 30.7. The molecule has 0 aromatic rings. The van der Waals surface area contributed by atoms with Crippen molar-refractivity contribution in [1.29, 1.82) is 0 Å². The zero-order chi connectivity index (χ0) is 27.0. The van der Waals surface area contributed by atoms with Crippen LogP contribution in [0.5, 0.6) is 0 Å². The lowest BCUT2D eigenvalue weighted by Crippen LogP contribution is -2.44. The minimum absolute atomic E-state index is 0.0354. The molecule has 1 amide bonds. The van der Waals surface area contributed by atoms with Gasteiger partial charge in [0.15, 0.2) is 0 Å². The van der Waals surface area contributed by atoms with Gasteiger partial charge >= 0.3 is 5.97 Å². The first-order valence-electron chi connectivity index (χ1n) is 13.4. The van der Waals surface area contributed by atoms with Crippen molar-refractivity contribution in [2.45, 2.75) is 60.1 Å². The van der Waals surface area contributed by atoms with Crippen molar-refractivity contribution in [2.24, 2.45) is 16.4 Å². The van der Waals surface area contributed by atoms with E-state index in [4.69, 9.17) is 14.2 Å². The summed E-state index contributed by atoms with van der Waals surface area (Å²) >= 11 is 0. The largest absolute Gasteiger partial charge is 0.460 e. The fourth-order valence-corrected chi connectivity index (χ4v) is 5.24. The number of hydrazone groups is 1. The molecule has 0 aromatic carbocycles. The predicted molar refractivity (Wildman–Crippen MR) is 144 cm³/mol. The zero-order valence-corrected chi connectivity index (χ0v) is 23.3. The molecular weight excluding hydrogens is 472 g/mol. The van der Waals surface area contributed by atoms with E-state index in [1.54, 1.807) is 23.3 Å². The molecule has 0 spiro atoms.